The molecule has 0 aliphatic rings. The molecular weight excluding hydrogens is 254 g/mol. The molecule has 0 fully saturated rings. The van der Waals surface area contributed by atoms with Gasteiger partial charge in [0.1, 0.15) is 5.75 Å². The van der Waals surface area contributed by atoms with E-state index in [-0.39, 0.29) is 18.6 Å². The third-order valence-electron chi connectivity index (χ3n) is 2.98. The van der Waals surface area contributed by atoms with E-state index in [1.54, 1.807) is 0 Å². The van der Waals surface area contributed by atoms with Gasteiger partial charge < -0.3 is 15.8 Å². The minimum Gasteiger partial charge on any atom is -0.482 e. The van der Waals surface area contributed by atoms with E-state index in [4.69, 9.17) is 10.5 Å². The number of carbonyl (C=O) groups is 1. The topological polar surface area (TPSA) is 77.2 Å². The zero-order valence-electron chi connectivity index (χ0n) is 12.6. The number of ether oxygens (including phenoxy) is 1. The van der Waals surface area contributed by atoms with E-state index in [1.165, 1.54) is 0 Å². The quantitative estimate of drug-likeness (QED) is 0.757. The van der Waals surface area contributed by atoms with Crippen LogP contribution in [-0.4, -0.2) is 30.1 Å². The second-order valence-corrected chi connectivity index (χ2v) is 4.91. The molecule has 1 atom stereocenters. The van der Waals surface area contributed by atoms with Crippen molar-refractivity contribution in [2.24, 2.45) is 5.73 Å². The fourth-order valence-corrected chi connectivity index (χ4v) is 1.73. The van der Waals surface area contributed by atoms with E-state index in [2.05, 4.69) is 10.3 Å². The van der Waals surface area contributed by atoms with Crippen LogP contribution in [0.4, 0.5) is 0 Å². The Morgan fingerprint density at radius 2 is 2.20 bits per heavy atom. The molecule has 5 heteroatoms. The number of carbonyl (C=O) groups excluding carboxylic acids is 1. The maximum atomic E-state index is 11.6. The van der Waals surface area contributed by atoms with Crippen molar-refractivity contribution in [2.75, 3.05) is 13.2 Å². The largest absolute Gasteiger partial charge is 0.482 e. The van der Waals surface area contributed by atoms with Gasteiger partial charge in [-0.3, -0.25) is 9.78 Å². The van der Waals surface area contributed by atoms with Crippen molar-refractivity contribution in [3.63, 3.8) is 0 Å². The summed E-state index contributed by atoms with van der Waals surface area (Å²) in [5, 5.41) is 2.78. The van der Waals surface area contributed by atoms with Crippen LogP contribution in [0.25, 0.3) is 0 Å². The van der Waals surface area contributed by atoms with E-state index in [0.717, 1.165) is 24.2 Å². The first-order valence-electron chi connectivity index (χ1n) is 7.18. The van der Waals surface area contributed by atoms with Gasteiger partial charge in [0.2, 0.25) is 0 Å². The molecule has 5 nitrogen and oxygen atoms in total. The molecule has 1 aromatic heterocycles. The number of hydrogen-bond donors (Lipinski definition) is 2. The van der Waals surface area contributed by atoms with Crippen LogP contribution in [0.1, 0.15) is 38.1 Å². The van der Waals surface area contributed by atoms with Crippen LogP contribution in [-0.2, 0) is 11.2 Å². The van der Waals surface area contributed by atoms with Crippen LogP contribution in [0.5, 0.6) is 5.75 Å². The third kappa shape index (κ3) is 5.57. The summed E-state index contributed by atoms with van der Waals surface area (Å²) in [6.07, 6.45) is 2.45. The molecule has 0 aromatic carbocycles. The van der Waals surface area contributed by atoms with Gasteiger partial charge in [-0.15, -0.1) is 0 Å². The minimum atomic E-state index is -0.113. The summed E-state index contributed by atoms with van der Waals surface area (Å²) < 4.78 is 5.57. The summed E-state index contributed by atoms with van der Waals surface area (Å²) >= 11 is 0. The summed E-state index contributed by atoms with van der Waals surface area (Å²) in [6.45, 7) is 6.66. The highest BCUT2D eigenvalue weighted by Gasteiger charge is 2.11. The first-order chi connectivity index (χ1) is 9.56. The number of nitrogens with zero attached hydrogens (tertiary/aromatic N) is 1. The van der Waals surface area contributed by atoms with Gasteiger partial charge in [0.25, 0.3) is 5.91 Å². The lowest BCUT2D eigenvalue weighted by atomic mass is 10.1. The number of rotatable bonds is 8. The fourth-order valence-electron chi connectivity index (χ4n) is 1.73. The van der Waals surface area contributed by atoms with Gasteiger partial charge in [-0.05, 0) is 31.9 Å². The Hall–Kier alpha value is -1.62. The Morgan fingerprint density at radius 1 is 1.45 bits per heavy atom. The van der Waals surface area contributed by atoms with Gasteiger partial charge in [0, 0.05) is 24.7 Å². The summed E-state index contributed by atoms with van der Waals surface area (Å²) in [6, 6.07) is 3.79. The van der Waals surface area contributed by atoms with E-state index in [0.29, 0.717) is 18.7 Å². The molecule has 0 saturated carbocycles. The molecule has 1 aromatic rings. The molecule has 0 saturated heterocycles. The minimum absolute atomic E-state index is 0.0130. The number of aryl methyl sites for hydroxylation is 1. The normalized spacial score (nSPS) is 12.0. The van der Waals surface area contributed by atoms with E-state index < -0.39 is 0 Å². The second-order valence-electron chi connectivity index (χ2n) is 4.91. The zero-order valence-corrected chi connectivity index (χ0v) is 12.6. The SMILES string of the molecule is CCCNC(=O)COc1ccc(C)nc1CC(N)CC. The maximum Gasteiger partial charge on any atom is 0.257 e. The van der Waals surface area contributed by atoms with Crippen LogP contribution in [0.2, 0.25) is 0 Å². The fraction of sp³-hybridized carbons (Fsp3) is 0.600. The highest BCUT2D eigenvalue weighted by atomic mass is 16.5. The number of amides is 1. The van der Waals surface area contributed by atoms with Gasteiger partial charge in [0.15, 0.2) is 6.61 Å². The summed E-state index contributed by atoms with van der Waals surface area (Å²) in [5.74, 6) is 0.532. The van der Waals surface area contributed by atoms with E-state index >= 15 is 0 Å². The Balaban J connectivity index is 2.66. The number of nitrogens with two attached hydrogens (primary N) is 1. The summed E-state index contributed by atoms with van der Waals surface area (Å²) in [7, 11) is 0. The number of nitrogens with one attached hydrogen (secondary N) is 1. The lowest BCUT2D eigenvalue weighted by molar-refractivity contribution is -0.123. The van der Waals surface area contributed by atoms with Crippen LogP contribution < -0.4 is 15.8 Å². The van der Waals surface area contributed by atoms with Crippen molar-refractivity contribution in [2.45, 2.75) is 46.1 Å². The molecule has 0 aliphatic carbocycles. The standard InChI is InChI=1S/C15H25N3O2/c1-4-8-17-15(19)10-20-14-7-6-11(3)18-13(14)9-12(16)5-2/h6-7,12H,4-5,8-10,16H2,1-3H3,(H,17,19). The van der Waals surface area contributed by atoms with Crippen LogP contribution in [0.15, 0.2) is 12.1 Å². The highest BCUT2D eigenvalue weighted by Crippen LogP contribution is 2.18. The van der Waals surface area contributed by atoms with Crippen LogP contribution in [0.3, 0.4) is 0 Å². The average molecular weight is 279 g/mol. The Bertz CT molecular complexity index is 435. The molecule has 0 radical (unpaired) electrons. The predicted octanol–water partition coefficient (Wildman–Crippen LogP) is 1.57. The van der Waals surface area contributed by atoms with Crippen molar-refractivity contribution in [3.8, 4) is 5.75 Å². The number of aromatic nitrogens is 1. The summed E-state index contributed by atoms with van der Waals surface area (Å²) in [5.41, 5.74) is 7.71. The molecule has 1 amide bonds. The average Bonchev–Trinajstić information content (AvgIpc) is 2.44. The molecule has 0 bridgehead atoms. The van der Waals surface area contributed by atoms with Gasteiger partial charge in [-0.2, -0.15) is 0 Å². The lowest BCUT2D eigenvalue weighted by Gasteiger charge is -2.14. The predicted molar refractivity (Wildman–Crippen MR) is 79.7 cm³/mol. The van der Waals surface area contributed by atoms with Crippen molar-refractivity contribution in [1.29, 1.82) is 0 Å². The first-order valence-corrected chi connectivity index (χ1v) is 7.18. The Labute approximate surface area is 120 Å². The van der Waals surface area contributed by atoms with Gasteiger partial charge >= 0.3 is 0 Å². The van der Waals surface area contributed by atoms with Crippen molar-refractivity contribution >= 4 is 5.91 Å². The molecule has 1 unspecified atom stereocenters. The number of hydrogen-bond acceptors (Lipinski definition) is 4. The maximum absolute atomic E-state index is 11.6. The van der Waals surface area contributed by atoms with E-state index in [1.807, 2.05) is 32.9 Å². The van der Waals surface area contributed by atoms with Gasteiger partial charge in [0.05, 0.1) is 5.69 Å². The molecule has 0 spiro atoms. The lowest BCUT2D eigenvalue weighted by Crippen LogP contribution is -2.30. The van der Waals surface area contributed by atoms with Crippen molar-refractivity contribution in [3.05, 3.63) is 23.5 Å². The highest BCUT2D eigenvalue weighted by molar-refractivity contribution is 5.77. The Morgan fingerprint density at radius 3 is 2.85 bits per heavy atom. The smallest absolute Gasteiger partial charge is 0.257 e. The molecular formula is C15H25N3O2. The first kappa shape index (κ1) is 16.4. The second kappa shape index (κ2) is 8.53. The van der Waals surface area contributed by atoms with Crippen LogP contribution in [0, 0.1) is 6.92 Å². The third-order valence-corrected chi connectivity index (χ3v) is 2.98. The Kier molecular flexibility index (Phi) is 7.01. The van der Waals surface area contributed by atoms with Crippen LogP contribution >= 0.6 is 0 Å². The molecule has 0 aliphatic heterocycles. The molecule has 1 heterocycles. The summed E-state index contributed by atoms with van der Waals surface area (Å²) in [4.78, 5) is 16.0. The van der Waals surface area contributed by atoms with Crippen molar-refractivity contribution in [1.82, 2.24) is 10.3 Å². The number of pyridine rings is 1. The van der Waals surface area contributed by atoms with Gasteiger partial charge in [-0.1, -0.05) is 13.8 Å². The van der Waals surface area contributed by atoms with E-state index in [9.17, 15) is 4.79 Å². The zero-order chi connectivity index (χ0) is 15.0. The molecule has 112 valence electrons. The monoisotopic (exact) mass is 279 g/mol. The molecule has 3 N–H and O–H groups in total. The van der Waals surface area contributed by atoms with Gasteiger partial charge in [-0.25, -0.2) is 0 Å². The molecule has 20 heavy (non-hydrogen) atoms. The molecule has 1 rings (SSSR count). The van der Waals surface area contributed by atoms with Crippen molar-refractivity contribution < 1.29 is 9.53 Å².